The third-order valence-corrected chi connectivity index (χ3v) is 2.22. The summed E-state index contributed by atoms with van der Waals surface area (Å²) in [6.45, 7) is 5.52. The summed E-state index contributed by atoms with van der Waals surface area (Å²) in [5.41, 5.74) is 0. The largest absolute Gasteiger partial charge is 0.471 e. The van der Waals surface area contributed by atoms with Gasteiger partial charge in [-0.1, -0.05) is 0 Å². The number of aromatic nitrogens is 2. The van der Waals surface area contributed by atoms with Gasteiger partial charge < -0.3 is 14.8 Å². The van der Waals surface area contributed by atoms with E-state index in [1.54, 1.807) is 12.4 Å². The van der Waals surface area contributed by atoms with Gasteiger partial charge in [0, 0.05) is 12.5 Å². The monoisotopic (exact) mass is 223 g/mol. The van der Waals surface area contributed by atoms with Crippen molar-refractivity contribution in [2.24, 2.45) is 0 Å². The predicted octanol–water partition coefficient (Wildman–Crippen LogP) is 1.46. The van der Waals surface area contributed by atoms with Crippen molar-refractivity contribution in [2.75, 3.05) is 18.5 Å². The van der Waals surface area contributed by atoms with E-state index >= 15 is 0 Å². The Morgan fingerprint density at radius 2 is 2.38 bits per heavy atom. The van der Waals surface area contributed by atoms with E-state index in [4.69, 9.17) is 9.47 Å². The number of hydrogen-bond donors (Lipinski definition) is 1. The predicted molar refractivity (Wildman–Crippen MR) is 60.6 cm³/mol. The van der Waals surface area contributed by atoms with Gasteiger partial charge >= 0.3 is 0 Å². The molecule has 0 amide bonds. The topological polar surface area (TPSA) is 56.3 Å². The Hall–Kier alpha value is -1.36. The maximum atomic E-state index is 5.66. The molecule has 0 aliphatic carbocycles. The minimum atomic E-state index is 0.114. The summed E-state index contributed by atoms with van der Waals surface area (Å²) >= 11 is 0. The zero-order valence-electron chi connectivity index (χ0n) is 9.64. The van der Waals surface area contributed by atoms with Crippen LogP contribution >= 0.6 is 0 Å². The van der Waals surface area contributed by atoms with Crippen LogP contribution in [0, 0.1) is 0 Å². The van der Waals surface area contributed by atoms with Crippen LogP contribution in [0.2, 0.25) is 0 Å². The Morgan fingerprint density at radius 1 is 1.50 bits per heavy atom. The van der Waals surface area contributed by atoms with Crippen LogP contribution in [0.5, 0.6) is 5.88 Å². The SMILES string of the molecule is CC(C)Nc1cncc(OC2CCOC2)n1. The Kier molecular flexibility index (Phi) is 3.56. The molecule has 2 heterocycles. The summed E-state index contributed by atoms with van der Waals surface area (Å²) in [4.78, 5) is 8.41. The van der Waals surface area contributed by atoms with Gasteiger partial charge in [0.25, 0.3) is 0 Å². The smallest absolute Gasteiger partial charge is 0.234 e. The van der Waals surface area contributed by atoms with Crippen molar-refractivity contribution in [1.82, 2.24) is 9.97 Å². The summed E-state index contributed by atoms with van der Waals surface area (Å²) < 4.78 is 10.9. The minimum absolute atomic E-state index is 0.114. The fraction of sp³-hybridized carbons (Fsp3) is 0.636. The molecule has 0 radical (unpaired) electrons. The van der Waals surface area contributed by atoms with Crippen molar-refractivity contribution in [3.05, 3.63) is 12.4 Å². The van der Waals surface area contributed by atoms with E-state index < -0.39 is 0 Å². The van der Waals surface area contributed by atoms with E-state index in [1.165, 1.54) is 0 Å². The van der Waals surface area contributed by atoms with Gasteiger partial charge in [-0.25, -0.2) is 0 Å². The molecule has 1 atom stereocenters. The maximum Gasteiger partial charge on any atom is 0.234 e. The molecular weight excluding hydrogens is 206 g/mol. The Bertz CT molecular complexity index is 338. The molecular formula is C11H17N3O2. The molecule has 5 heteroatoms. The summed E-state index contributed by atoms with van der Waals surface area (Å²) in [6, 6.07) is 0.333. The highest BCUT2D eigenvalue weighted by molar-refractivity contribution is 5.34. The van der Waals surface area contributed by atoms with E-state index in [0.29, 0.717) is 18.5 Å². The number of nitrogens with one attached hydrogen (secondary N) is 1. The van der Waals surface area contributed by atoms with E-state index in [1.807, 2.05) is 0 Å². The first-order chi connectivity index (χ1) is 7.74. The Morgan fingerprint density at radius 3 is 3.06 bits per heavy atom. The van der Waals surface area contributed by atoms with Gasteiger partial charge in [-0.3, -0.25) is 4.98 Å². The van der Waals surface area contributed by atoms with Crippen LogP contribution in [0.15, 0.2) is 12.4 Å². The van der Waals surface area contributed by atoms with Gasteiger partial charge in [0.2, 0.25) is 5.88 Å². The van der Waals surface area contributed by atoms with Gasteiger partial charge in [0.1, 0.15) is 11.9 Å². The lowest BCUT2D eigenvalue weighted by atomic mass is 10.3. The van der Waals surface area contributed by atoms with Gasteiger partial charge in [-0.2, -0.15) is 4.98 Å². The summed E-state index contributed by atoms with van der Waals surface area (Å²) in [5.74, 6) is 1.30. The van der Waals surface area contributed by atoms with E-state index in [0.717, 1.165) is 18.8 Å². The van der Waals surface area contributed by atoms with Crippen LogP contribution in [0.1, 0.15) is 20.3 Å². The molecule has 1 fully saturated rings. The summed E-state index contributed by atoms with van der Waals surface area (Å²) in [7, 11) is 0. The zero-order chi connectivity index (χ0) is 11.4. The molecule has 16 heavy (non-hydrogen) atoms. The lowest BCUT2D eigenvalue weighted by Gasteiger charge is -2.12. The van der Waals surface area contributed by atoms with Gasteiger partial charge in [-0.05, 0) is 13.8 Å². The van der Waals surface area contributed by atoms with Crippen LogP contribution in [-0.4, -0.2) is 35.3 Å². The molecule has 1 N–H and O–H groups in total. The average Bonchev–Trinajstić information content (AvgIpc) is 2.70. The number of ether oxygens (including phenoxy) is 2. The lowest BCUT2D eigenvalue weighted by molar-refractivity contribution is 0.138. The fourth-order valence-electron chi connectivity index (χ4n) is 1.55. The number of anilines is 1. The maximum absolute atomic E-state index is 5.66. The summed E-state index contributed by atoms with van der Waals surface area (Å²) in [5, 5.41) is 3.19. The van der Waals surface area contributed by atoms with E-state index in [9.17, 15) is 0 Å². The second-order valence-electron chi connectivity index (χ2n) is 4.15. The van der Waals surface area contributed by atoms with Gasteiger partial charge in [0.15, 0.2) is 0 Å². The molecule has 1 aliphatic rings. The first-order valence-corrected chi connectivity index (χ1v) is 5.57. The quantitative estimate of drug-likeness (QED) is 0.837. The van der Waals surface area contributed by atoms with Crippen LogP contribution in [-0.2, 0) is 4.74 Å². The van der Waals surface area contributed by atoms with E-state index in [2.05, 4.69) is 29.1 Å². The number of rotatable bonds is 4. The highest BCUT2D eigenvalue weighted by Crippen LogP contribution is 2.15. The second-order valence-corrected chi connectivity index (χ2v) is 4.15. The third kappa shape index (κ3) is 3.06. The number of nitrogens with zero attached hydrogens (tertiary/aromatic N) is 2. The molecule has 0 aromatic carbocycles. The van der Waals surface area contributed by atoms with Crippen molar-refractivity contribution in [2.45, 2.75) is 32.4 Å². The molecule has 1 aromatic heterocycles. The lowest BCUT2D eigenvalue weighted by Crippen LogP contribution is -2.17. The normalized spacial score (nSPS) is 20.1. The Labute approximate surface area is 95.2 Å². The van der Waals surface area contributed by atoms with Crippen molar-refractivity contribution in [3.8, 4) is 5.88 Å². The molecule has 5 nitrogen and oxygen atoms in total. The third-order valence-electron chi connectivity index (χ3n) is 2.22. The van der Waals surface area contributed by atoms with Crippen LogP contribution in [0.25, 0.3) is 0 Å². The number of hydrogen-bond acceptors (Lipinski definition) is 5. The molecule has 0 spiro atoms. The first-order valence-electron chi connectivity index (χ1n) is 5.57. The van der Waals surface area contributed by atoms with Crippen molar-refractivity contribution in [1.29, 1.82) is 0 Å². The Balaban J connectivity index is 1.97. The van der Waals surface area contributed by atoms with Gasteiger partial charge in [-0.15, -0.1) is 0 Å². The van der Waals surface area contributed by atoms with Crippen molar-refractivity contribution in [3.63, 3.8) is 0 Å². The molecule has 0 saturated carbocycles. The standard InChI is InChI=1S/C11H17N3O2/c1-8(2)13-10-5-12-6-11(14-10)16-9-3-4-15-7-9/h5-6,8-9H,3-4,7H2,1-2H3,(H,13,14). The first kappa shape index (κ1) is 11.1. The van der Waals surface area contributed by atoms with Crippen LogP contribution in [0.4, 0.5) is 5.82 Å². The van der Waals surface area contributed by atoms with Crippen molar-refractivity contribution >= 4 is 5.82 Å². The molecule has 1 unspecified atom stereocenters. The summed E-state index contributed by atoms with van der Waals surface area (Å²) in [6.07, 6.45) is 4.36. The molecule has 1 saturated heterocycles. The molecule has 1 aliphatic heterocycles. The molecule has 1 aromatic rings. The van der Waals surface area contributed by atoms with Crippen LogP contribution in [0.3, 0.4) is 0 Å². The van der Waals surface area contributed by atoms with E-state index in [-0.39, 0.29) is 6.10 Å². The van der Waals surface area contributed by atoms with Crippen molar-refractivity contribution < 1.29 is 9.47 Å². The molecule has 88 valence electrons. The second kappa shape index (κ2) is 5.12. The zero-order valence-corrected chi connectivity index (χ0v) is 9.64. The molecule has 0 bridgehead atoms. The molecule has 2 rings (SSSR count). The van der Waals surface area contributed by atoms with Crippen LogP contribution < -0.4 is 10.1 Å². The highest BCUT2D eigenvalue weighted by atomic mass is 16.5. The van der Waals surface area contributed by atoms with Gasteiger partial charge in [0.05, 0.1) is 25.6 Å². The highest BCUT2D eigenvalue weighted by Gasteiger charge is 2.17. The average molecular weight is 223 g/mol. The fourth-order valence-corrected chi connectivity index (χ4v) is 1.55. The minimum Gasteiger partial charge on any atom is -0.471 e.